The third kappa shape index (κ3) is 8.54. The maximum atomic E-state index is 4.85. The van der Waals surface area contributed by atoms with Gasteiger partial charge in [0, 0.05) is 45.3 Å². The lowest BCUT2D eigenvalue weighted by atomic mass is 9.92. The second-order valence-electron chi connectivity index (χ2n) is 9.03. The number of likely N-dealkylation sites (tertiary alicyclic amines) is 1. The van der Waals surface area contributed by atoms with Gasteiger partial charge in [0.05, 0.1) is 5.00 Å². The summed E-state index contributed by atoms with van der Waals surface area (Å²) < 4.78 is 0. The summed E-state index contributed by atoms with van der Waals surface area (Å²) in [6.07, 6.45) is 6.17. The molecule has 1 aromatic heterocycles. The van der Waals surface area contributed by atoms with Gasteiger partial charge in [0.25, 0.3) is 0 Å². The molecule has 0 amide bonds. The number of nitrogens with zero attached hydrogens (tertiary/aromatic N) is 3. The number of halogens is 1. The van der Waals surface area contributed by atoms with Crippen LogP contribution in [0.5, 0.6) is 0 Å². The van der Waals surface area contributed by atoms with E-state index in [0.29, 0.717) is 6.04 Å². The molecule has 2 fully saturated rings. The average Bonchev–Trinajstić information content (AvgIpc) is 3.22. The first-order chi connectivity index (χ1) is 14.1. The zero-order valence-corrected chi connectivity index (χ0v) is 22.3. The summed E-state index contributed by atoms with van der Waals surface area (Å²) in [6.45, 7) is 14.8. The van der Waals surface area contributed by atoms with Crippen LogP contribution in [-0.2, 0) is 0 Å². The summed E-state index contributed by atoms with van der Waals surface area (Å²) >= 11 is 1.84. The molecule has 5 nitrogen and oxygen atoms in total. The number of piperidine rings is 2. The van der Waals surface area contributed by atoms with Crippen LogP contribution in [0, 0.1) is 11.8 Å². The highest BCUT2D eigenvalue weighted by molar-refractivity contribution is 14.0. The van der Waals surface area contributed by atoms with Crippen LogP contribution in [0.2, 0.25) is 0 Å². The van der Waals surface area contributed by atoms with Gasteiger partial charge in [-0.15, -0.1) is 35.3 Å². The lowest BCUT2D eigenvalue weighted by Gasteiger charge is -2.34. The molecule has 2 atom stereocenters. The van der Waals surface area contributed by atoms with Crippen molar-refractivity contribution in [2.24, 2.45) is 16.8 Å². The minimum Gasteiger partial charge on any atom is -0.363 e. The highest BCUT2D eigenvalue weighted by Gasteiger charge is 2.22. The van der Waals surface area contributed by atoms with Crippen molar-refractivity contribution in [1.29, 1.82) is 0 Å². The van der Waals surface area contributed by atoms with Gasteiger partial charge in [-0.05, 0) is 74.9 Å². The number of hydrogen-bond acceptors (Lipinski definition) is 4. The van der Waals surface area contributed by atoms with E-state index >= 15 is 0 Å². The van der Waals surface area contributed by atoms with Crippen LogP contribution in [-0.4, -0.2) is 62.7 Å². The molecule has 3 heterocycles. The third-order valence-electron chi connectivity index (χ3n) is 6.09. The number of guanidine groups is 1. The fourth-order valence-corrected chi connectivity index (χ4v) is 5.61. The number of aliphatic imine (C=N–C) groups is 1. The van der Waals surface area contributed by atoms with Gasteiger partial charge >= 0.3 is 0 Å². The highest BCUT2D eigenvalue weighted by Crippen LogP contribution is 2.25. The number of thiophene rings is 1. The molecule has 30 heavy (non-hydrogen) atoms. The Kier molecular flexibility index (Phi) is 11.8. The summed E-state index contributed by atoms with van der Waals surface area (Å²) in [5.74, 6) is 2.71. The van der Waals surface area contributed by atoms with Crippen molar-refractivity contribution in [3.8, 4) is 0 Å². The minimum atomic E-state index is 0. The van der Waals surface area contributed by atoms with Crippen molar-refractivity contribution in [1.82, 2.24) is 15.5 Å². The Morgan fingerprint density at radius 3 is 2.53 bits per heavy atom. The van der Waals surface area contributed by atoms with Crippen LogP contribution in [0.4, 0.5) is 5.00 Å². The van der Waals surface area contributed by atoms with E-state index in [0.717, 1.165) is 44.0 Å². The van der Waals surface area contributed by atoms with Gasteiger partial charge in [-0.1, -0.05) is 13.8 Å². The van der Waals surface area contributed by atoms with Gasteiger partial charge in [-0.25, -0.2) is 0 Å². The van der Waals surface area contributed by atoms with Crippen molar-refractivity contribution in [2.75, 3.05) is 50.7 Å². The van der Waals surface area contributed by atoms with E-state index in [1.165, 1.54) is 56.7 Å². The molecule has 0 aliphatic carbocycles. The smallest absolute Gasteiger partial charge is 0.191 e. The summed E-state index contributed by atoms with van der Waals surface area (Å²) in [6, 6.07) is 4.90. The van der Waals surface area contributed by atoms with Crippen molar-refractivity contribution in [3.63, 3.8) is 0 Å². The predicted octanol–water partition coefficient (Wildman–Crippen LogP) is 4.65. The molecule has 7 heteroatoms. The van der Waals surface area contributed by atoms with Gasteiger partial charge in [0.2, 0.25) is 0 Å². The van der Waals surface area contributed by atoms with Crippen LogP contribution in [0.25, 0.3) is 0 Å². The summed E-state index contributed by atoms with van der Waals surface area (Å²) in [5.41, 5.74) is 0. The van der Waals surface area contributed by atoms with Crippen molar-refractivity contribution in [2.45, 2.75) is 58.9 Å². The molecule has 0 radical (unpaired) electrons. The fourth-order valence-electron chi connectivity index (χ4n) is 4.82. The Labute approximate surface area is 205 Å². The Bertz CT molecular complexity index is 591. The maximum absolute atomic E-state index is 4.85. The standard InChI is InChI=1S/C23H41N5S.HI/c1-4-24-23(25-11-5-6-12-27-17-19(2)16-20(3)18-27)26-21-9-13-28(14-10-21)22-8-7-15-29-22;/h7-8,15,19-21H,4-6,9-14,16-18H2,1-3H3,(H2,24,25,26);1H. The molecule has 2 saturated heterocycles. The van der Waals surface area contributed by atoms with Crippen LogP contribution >= 0.6 is 35.3 Å². The first kappa shape index (κ1) is 25.7. The fraction of sp³-hybridized carbons (Fsp3) is 0.783. The summed E-state index contributed by atoms with van der Waals surface area (Å²) in [4.78, 5) is 10.0. The molecule has 0 saturated carbocycles. The topological polar surface area (TPSA) is 42.9 Å². The number of hydrogen-bond donors (Lipinski definition) is 2. The van der Waals surface area contributed by atoms with Gasteiger partial charge in [0.1, 0.15) is 0 Å². The van der Waals surface area contributed by atoms with E-state index in [4.69, 9.17) is 4.99 Å². The molecule has 172 valence electrons. The lowest BCUT2D eigenvalue weighted by molar-refractivity contribution is 0.139. The van der Waals surface area contributed by atoms with Gasteiger partial charge in [-0.3, -0.25) is 4.99 Å². The molecule has 0 bridgehead atoms. The molecular weight excluding hydrogens is 505 g/mol. The zero-order valence-electron chi connectivity index (χ0n) is 19.1. The second-order valence-corrected chi connectivity index (χ2v) is 9.96. The van der Waals surface area contributed by atoms with Crippen molar-refractivity contribution >= 4 is 46.3 Å². The molecule has 0 spiro atoms. The minimum absolute atomic E-state index is 0. The van der Waals surface area contributed by atoms with Crippen molar-refractivity contribution in [3.05, 3.63) is 17.5 Å². The zero-order chi connectivity index (χ0) is 20.5. The number of rotatable bonds is 8. The van der Waals surface area contributed by atoms with E-state index in [-0.39, 0.29) is 24.0 Å². The Hall–Kier alpha value is -0.540. The first-order valence-electron chi connectivity index (χ1n) is 11.7. The SMILES string of the molecule is CCNC(=NCCCCN1CC(C)CC(C)C1)NC1CCN(c2cccs2)CC1.I. The Morgan fingerprint density at radius 2 is 1.90 bits per heavy atom. The molecule has 2 unspecified atom stereocenters. The molecule has 1 aromatic rings. The quantitative estimate of drug-likeness (QED) is 0.215. The number of nitrogens with one attached hydrogen (secondary N) is 2. The Morgan fingerprint density at radius 1 is 1.17 bits per heavy atom. The average molecular weight is 548 g/mol. The lowest BCUT2D eigenvalue weighted by Crippen LogP contribution is -2.48. The normalized spacial score (nSPS) is 23.8. The first-order valence-corrected chi connectivity index (χ1v) is 12.6. The Balaban J connectivity index is 0.00000320. The van der Waals surface area contributed by atoms with Gasteiger partial charge < -0.3 is 20.4 Å². The van der Waals surface area contributed by atoms with Crippen LogP contribution in [0.15, 0.2) is 22.5 Å². The van der Waals surface area contributed by atoms with Crippen LogP contribution in [0.1, 0.15) is 52.9 Å². The molecule has 0 aromatic carbocycles. The van der Waals surface area contributed by atoms with Crippen molar-refractivity contribution < 1.29 is 0 Å². The van der Waals surface area contributed by atoms with E-state index in [9.17, 15) is 0 Å². The molecule has 2 N–H and O–H groups in total. The molecule has 2 aliphatic heterocycles. The van der Waals surface area contributed by atoms with E-state index in [1.54, 1.807) is 0 Å². The highest BCUT2D eigenvalue weighted by atomic mass is 127. The summed E-state index contributed by atoms with van der Waals surface area (Å²) in [5, 5.41) is 10.7. The molecular formula is C23H42IN5S. The predicted molar refractivity (Wildman–Crippen MR) is 143 cm³/mol. The van der Waals surface area contributed by atoms with Crippen LogP contribution in [0.3, 0.4) is 0 Å². The number of unbranched alkanes of at least 4 members (excludes halogenated alkanes) is 1. The van der Waals surface area contributed by atoms with Crippen LogP contribution < -0.4 is 15.5 Å². The van der Waals surface area contributed by atoms with Gasteiger partial charge in [-0.2, -0.15) is 0 Å². The second kappa shape index (κ2) is 13.8. The van der Waals surface area contributed by atoms with E-state index < -0.39 is 0 Å². The molecule has 2 aliphatic rings. The monoisotopic (exact) mass is 547 g/mol. The van der Waals surface area contributed by atoms with Gasteiger partial charge in [0.15, 0.2) is 5.96 Å². The summed E-state index contributed by atoms with van der Waals surface area (Å²) in [7, 11) is 0. The largest absolute Gasteiger partial charge is 0.363 e. The molecule has 3 rings (SSSR count). The van der Waals surface area contributed by atoms with E-state index in [2.05, 4.69) is 58.7 Å². The third-order valence-corrected chi connectivity index (χ3v) is 7.02. The number of anilines is 1. The van der Waals surface area contributed by atoms with E-state index in [1.807, 2.05) is 11.3 Å². The maximum Gasteiger partial charge on any atom is 0.191 e.